The Morgan fingerprint density at radius 3 is 2.86 bits per heavy atom. The maximum absolute atomic E-state index is 13.2. The smallest absolute Gasteiger partial charge is 0.319 e. The normalized spacial score (nSPS) is 20.7. The maximum atomic E-state index is 13.2. The van der Waals surface area contributed by atoms with Crippen LogP contribution in [0.3, 0.4) is 0 Å². The molecule has 0 amide bonds. The fraction of sp³-hybridized carbons (Fsp3) is 0.562. The summed E-state index contributed by atoms with van der Waals surface area (Å²) >= 11 is 0. The number of halogens is 1. The Morgan fingerprint density at radius 1 is 1.38 bits per heavy atom. The second kappa shape index (κ2) is 5.64. The Morgan fingerprint density at radius 2 is 2.14 bits per heavy atom. The number of carbonyl (C=O) groups excluding carboxylic acids is 1. The molecule has 0 atom stereocenters. The van der Waals surface area contributed by atoms with Gasteiger partial charge in [0.25, 0.3) is 0 Å². The highest BCUT2D eigenvalue weighted by molar-refractivity contribution is 5.71. The number of likely N-dealkylation sites (tertiary alicyclic amines) is 1. The van der Waals surface area contributed by atoms with Crippen LogP contribution in [-0.2, 0) is 16.0 Å². The van der Waals surface area contributed by atoms with Crippen LogP contribution >= 0.6 is 0 Å². The van der Waals surface area contributed by atoms with Gasteiger partial charge in [0, 0.05) is 13.1 Å². The van der Waals surface area contributed by atoms with E-state index in [9.17, 15) is 9.18 Å². The summed E-state index contributed by atoms with van der Waals surface area (Å²) in [5.74, 6) is 0.404. The van der Waals surface area contributed by atoms with Crippen molar-refractivity contribution in [1.29, 1.82) is 0 Å². The first-order chi connectivity index (χ1) is 10.1. The molecule has 2 aliphatic rings. The number of hydrogen-bond acceptors (Lipinski definition) is 4. The van der Waals surface area contributed by atoms with Gasteiger partial charge in [-0.15, -0.1) is 0 Å². The van der Waals surface area contributed by atoms with Crippen molar-refractivity contribution in [1.82, 2.24) is 4.90 Å². The van der Waals surface area contributed by atoms with Crippen LogP contribution in [0.2, 0.25) is 0 Å². The quantitative estimate of drug-likeness (QED) is 0.783. The van der Waals surface area contributed by atoms with Gasteiger partial charge in [0.1, 0.15) is 17.2 Å². The fourth-order valence-corrected chi connectivity index (χ4v) is 3.21. The number of fused-ring (bicyclic) bond motifs is 1. The third-order valence-electron chi connectivity index (χ3n) is 4.55. The largest absolute Gasteiger partial charge is 0.487 e. The van der Waals surface area contributed by atoms with Crippen LogP contribution in [-0.4, -0.2) is 43.2 Å². The molecule has 2 heterocycles. The average Bonchev–Trinajstić information content (AvgIpc) is 2.50. The van der Waals surface area contributed by atoms with E-state index in [2.05, 4.69) is 4.90 Å². The first kappa shape index (κ1) is 14.3. The van der Waals surface area contributed by atoms with Crippen molar-refractivity contribution in [3.05, 3.63) is 29.6 Å². The zero-order chi connectivity index (χ0) is 14.9. The molecule has 1 aromatic carbocycles. The molecule has 21 heavy (non-hydrogen) atoms. The molecular formula is C16H20FNO3. The number of rotatable bonds is 2. The number of esters is 1. The minimum absolute atomic E-state index is 0.155. The predicted molar refractivity (Wildman–Crippen MR) is 75.8 cm³/mol. The molecule has 1 spiro atoms. The summed E-state index contributed by atoms with van der Waals surface area (Å²) < 4.78 is 24.1. The van der Waals surface area contributed by atoms with Crippen LogP contribution in [0.4, 0.5) is 4.39 Å². The van der Waals surface area contributed by atoms with E-state index in [1.54, 1.807) is 12.1 Å². The SMILES string of the molecule is COC(=O)CN1CCC2(CCc3cc(F)ccc3O2)CC1. The molecule has 0 aliphatic carbocycles. The van der Waals surface area contributed by atoms with E-state index >= 15 is 0 Å². The summed E-state index contributed by atoms with van der Waals surface area (Å²) in [4.78, 5) is 13.4. The third kappa shape index (κ3) is 3.02. The second-order valence-corrected chi connectivity index (χ2v) is 5.89. The van der Waals surface area contributed by atoms with E-state index in [1.165, 1.54) is 13.2 Å². The lowest BCUT2D eigenvalue weighted by Gasteiger charge is -2.44. The monoisotopic (exact) mass is 293 g/mol. The molecule has 1 saturated heterocycles. The molecule has 3 rings (SSSR count). The van der Waals surface area contributed by atoms with Gasteiger partial charge in [-0.2, -0.15) is 0 Å². The summed E-state index contributed by atoms with van der Waals surface area (Å²) in [6, 6.07) is 4.74. The highest BCUT2D eigenvalue weighted by Crippen LogP contribution is 2.39. The number of nitrogens with zero attached hydrogens (tertiary/aromatic N) is 1. The van der Waals surface area contributed by atoms with Crippen molar-refractivity contribution in [2.24, 2.45) is 0 Å². The number of hydrogen-bond donors (Lipinski definition) is 0. The summed E-state index contributed by atoms with van der Waals surface area (Å²) in [7, 11) is 1.41. The molecule has 5 heteroatoms. The van der Waals surface area contributed by atoms with Crippen molar-refractivity contribution >= 4 is 5.97 Å². The van der Waals surface area contributed by atoms with Crippen molar-refractivity contribution in [2.75, 3.05) is 26.7 Å². The van der Waals surface area contributed by atoms with E-state index in [1.807, 2.05) is 0 Å². The highest BCUT2D eigenvalue weighted by Gasteiger charge is 2.39. The fourth-order valence-electron chi connectivity index (χ4n) is 3.21. The molecule has 0 N–H and O–H groups in total. The summed E-state index contributed by atoms with van der Waals surface area (Å²) in [5, 5.41) is 0. The minimum atomic E-state index is -0.207. The van der Waals surface area contributed by atoms with Crippen LogP contribution in [0.25, 0.3) is 0 Å². The molecule has 114 valence electrons. The zero-order valence-corrected chi connectivity index (χ0v) is 12.2. The van der Waals surface area contributed by atoms with Crippen molar-refractivity contribution in [3.63, 3.8) is 0 Å². The lowest BCUT2D eigenvalue weighted by Crippen LogP contribution is -2.50. The van der Waals surface area contributed by atoms with Gasteiger partial charge in [-0.1, -0.05) is 0 Å². The van der Waals surface area contributed by atoms with Crippen LogP contribution in [0, 0.1) is 5.82 Å². The standard InChI is InChI=1S/C16H20FNO3/c1-20-15(19)11-18-8-6-16(7-9-18)5-4-12-10-13(17)2-3-14(12)21-16/h2-3,10H,4-9,11H2,1H3. The third-order valence-corrected chi connectivity index (χ3v) is 4.55. The number of aryl methyl sites for hydroxylation is 1. The predicted octanol–water partition coefficient (Wildman–Crippen LogP) is 2.16. The Hall–Kier alpha value is -1.62. The molecule has 1 fully saturated rings. The Labute approximate surface area is 123 Å². The molecule has 0 unspecified atom stereocenters. The molecule has 1 aromatic rings. The minimum Gasteiger partial charge on any atom is -0.487 e. The Bertz CT molecular complexity index is 538. The van der Waals surface area contributed by atoms with Gasteiger partial charge < -0.3 is 9.47 Å². The van der Waals surface area contributed by atoms with Gasteiger partial charge in [-0.3, -0.25) is 9.69 Å². The molecule has 0 bridgehead atoms. The maximum Gasteiger partial charge on any atom is 0.319 e. The second-order valence-electron chi connectivity index (χ2n) is 5.89. The van der Waals surface area contributed by atoms with Gasteiger partial charge in [0.2, 0.25) is 0 Å². The Balaban J connectivity index is 1.64. The number of methoxy groups -OCH3 is 1. The molecule has 2 aliphatic heterocycles. The van der Waals surface area contributed by atoms with Gasteiger partial charge in [-0.05, 0) is 49.4 Å². The van der Waals surface area contributed by atoms with Crippen LogP contribution < -0.4 is 4.74 Å². The van der Waals surface area contributed by atoms with Crippen molar-refractivity contribution in [3.8, 4) is 5.75 Å². The molecule has 0 aromatic heterocycles. The van der Waals surface area contributed by atoms with E-state index < -0.39 is 0 Å². The van der Waals surface area contributed by atoms with Crippen LogP contribution in [0.1, 0.15) is 24.8 Å². The topological polar surface area (TPSA) is 38.8 Å². The number of piperidine rings is 1. The van der Waals surface area contributed by atoms with E-state index in [0.29, 0.717) is 6.54 Å². The molecule has 0 saturated carbocycles. The molecular weight excluding hydrogens is 273 g/mol. The van der Waals surface area contributed by atoms with E-state index in [-0.39, 0.29) is 17.4 Å². The van der Waals surface area contributed by atoms with Crippen molar-refractivity contribution in [2.45, 2.75) is 31.3 Å². The zero-order valence-electron chi connectivity index (χ0n) is 12.2. The summed E-state index contributed by atoms with van der Waals surface area (Å²) in [6.07, 6.45) is 3.54. The van der Waals surface area contributed by atoms with Gasteiger partial charge in [0.05, 0.1) is 13.7 Å². The number of ether oxygens (including phenoxy) is 2. The van der Waals surface area contributed by atoms with Crippen LogP contribution in [0.5, 0.6) is 5.75 Å². The average molecular weight is 293 g/mol. The molecule has 0 radical (unpaired) electrons. The van der Waals surface area contributed by atoms with Gasteiger partial charge >= 0.3 is 5.97 Å². The summed E-state index contributed by atoms with van der Waals surface area (Å²) in [5.41, 5.74) is 0.801. The Kier molecular flexibility index (Phi) is 3.85. The first-order valence-electron chi connectivity index (χ1n) is 7.37. The first-order valence-corrected chi connectivity index (χ1v) is 7.37. The number of carbonyl (C=O) groups is 1. The molecule has 4 nitrogen and oxygen atoms in total. The lowest BCUT2D eigenvalue weighted by atomic mass is 9.83. The van der Waals surface area contributed by atoms with Crippen molar-refractivity contribution < 1.29 is 18.7 Å². The lowest BCUT2D eigenvalue weighted by molar-refractivity contribution is -0.143. The van der Waals surface area contributed by atoms with E-state index in [4.69, 9.17) is 9.47 Å². The van der Waals surface area contributed by atoms with Gasteiger partial charge in [-0.25, -0.2) is 4.39 Å². The van der Waals surface area contributed by atoms with Gasteiger partial charge in [0.15, 0.2) is 0 Å². The van der Waals surface area contributed by atoms with E-state index in [0.717, 1.165) is 50.1 Å². The highest BCUT2D eigenvalue weighted by atomic mass is 19.1. The summed E-state index contributed by atoms with van der Waals surface area (Å²) in [6.45, 7) is 1.99. The number of benzene rings is 1. The van der Waals surface area contributed by atoms with Crippen LogP contribution in [0.15, 0.2) is 18.2 Å².